The Balaban J connectivity index is 1.39. The number of nitrogens with one attached hydrogen (secondary N) is 1. The minimum absolute atomic E-state index is 0.200. The lowest BCUT2D eigenvalue weighted by molar-refractivity contribution is 0.0946. The molecule has 0 saturated carbocycles. The van der Waals surface area contributed by atoms with Crippen LogP contribution in [0.3, 0.4) is 0 Å². The third-order valence-corrected chi connectivity index (χ3v) is 4.80. The van der Waals surface area contributed by atoms with Gasteiger partial charge in [0, 0.05) is 23.3 Å². The molecule has 0 unspecified atom stereocenters. The molecule has 30 heavy (non-hydrogen) atoms. The van der Waals surface area contributed by atoms with Crippen molar-refractivity contribution in [3.05, 3.63) is 113 Å². The summed E-state index contributed by atoms with van der Waals surface area (Å²) >= 11 is 5.92. The van der Waals surface area contributed by atoms with Crippen molar-refractivity contribution in [1.29, 1.82) is 0 Å². The number of amides is 1. The summed E-state index contributed by atoms with van der Waals surface area (Å²) in [5.41, 5.74) is 3.34. The predicted molar refractivity (Wildman–Crippen MR) is 117 cm³/mol. The second kappa shape index (κ2) is 9.29. The van der Waals surface area contributed by atoms with E-state index in [1.54, 1.807) is 23.0 Å². The second-order valence-electron chi connectivity index (χ2n) is 6.72. The van der Waals surface area contributed by atoms with Crippen LogP contribution in [-0.2, 0) is 13.2 Å². The van der Waals surface area contributed by atoms with Gasteiger partial charge in [0.1, 0.15) is 12.4 Å². The third-order valence-electron chi connectivity index (χ3n) is 4.55. The van der Waals surface area contributed by atoms with Crippen molar-refractivity contribution in [1.82, 2.24) is 15.1 Å². The zero-order valence-corrected chi connectivity index (χ0v) is 16.9. The van der Waals surface area contributed by atoms with Crippen LogP contribution in [0.15, 0.2) is 91.3 Å². The molecule has 0 aliphatic rings. The molecule has 1 heterocycles. The van der Waals surface area contributed by atoms with E-state index >= 15 is 0 Å². The average Bonchev–Trinajstić information content (AvgIpc) is 3.27. The maximum Gasteiger partial charge on any atom is 0.255 e. The maximum absolute atomic E-state index is 12.7. The van der Waals surface area contributed by atoms with Gasteiger partial charge in [-0.1, -0.05) is 54.1 Å². The van der Waals surface area contributed by atoms with Gasteiger partial charge >= 0.3 is 0 Å². The monoisotopic (exact) mass is 417 g/mol. The SMILES string of the molecule is O=C(NCc1cnn(-c2ccccc2)c1)c1ccccc1OCc1ccc(Cl)cc1. The molecule has 4 aromatic rings. The number of aromatic nitrogens is 2. The fourth-order valence-corrected chi connectivity index (χ4v) is 3.10. The first-order valence-corrected chi connectivity index (χ1v) is 9.90. The molecule has 0 atom stereocenters. The van der Waals surface area contributed by atoms with Gasteiger partial charge in [0.15, 0.2) is 0 Å². The average molecular weight is 418 g/mol. The van der Waals surface area contributed by atoms with Crippen LogP contribution in [-0.4, -0.2) is 15.7 Å². The van der Waals surface area contributed by atoms with Crippen LogP contribution in [0.5, 0.6) is 5.75 Å². The van der Waals surface area contributed by atoms with Crippen molar-refractivity contribution in [3.63, 3.8) is 0 Å². The Kier molecular flexibility index (Phi) is 6.11. The quantitative estimate of drug-likeness (QED) is 0.458. The van der Waals surface area contributed by atoms with E-state index in [4.69, 9.17) is 16.3 Å². The number of hydrogen-bond donors (Lipinski definition) is 1. The number of rotatable bonds is 7. The van der Waals surface area contributed by atoms with Crippen molar-refractivity contribution in [2.45, 2.75) is 13.2 Å². The lowest BCUT2D eigenvalue weighted by atomic mass is 10.2. The van der Waals surface area contributed by atoms with Gasteiger partial charge in [0.05, 0.1) is 17.4 Å². The van der Waals surface area contributed by atoms with Gasteiger partial charge < -0.3 is 10.1 Å². The molecule has 1 amide bonds. The predicted octanol–water partition coefficient (Wildman–Crippen LogP) is 5.03. The molecule has 0 aliphatic heterocycles. The molecule has 150 valence electrons. The maximum atomic E-state index is 12.7. The zero-order valence-electron chi connectivity index (χ0n) is 16.2. The van der Waals surface area contributed by atoms with Crippen molar-refractivity contribution in [2.75, 3.05) is 0 Å². The highest BCUT2D eigenvalue weighted by atomic mass is 35.5. The van der Waals surface area contributed by atoms with Crippen molar-refractivity contribution < 1.29 is 9.53 Å². The van der Waals surface area contributed by atoms with Crippen molar-refractivity contribution in [3.8, 4) is 11.4 Å². The Bertz CT molecular complexity index is 1120. The number of carbonyl (C=O) groups is 1. The van der Waals surface area contributed by atoms with Crippen LogP contribution in [0.2, 0.25) is 5.02 Å². The highest BCUT2D eigenvalue weighted by Gasteiger charge is 2.12. The zero-order chi connectivity index (χ0) is 20.8. The molecule has 4 rings (SSSR count). The third kappa shape index (κ3) is 4.88. The second-order valence-corrected chi connectivity index (χ2v) is 7.16. The summed E-state index contributed by atoms with van der Waals surface area (Å²) in [6.07, 6.45) is 3.65. The van der Waals surface area contributed by atoms with Crippen molar-refractivity contribution >= 4 is 17.5 Å². The smallest absolute Gasteiger partial charge is 0.255 e. The standard InChI is InChI=1S/C24H20ClN3O2/c25-20-12-10-18(11-13-20)17-30-23-9-5-4-8-22(23)24(29)26-14-19-15-27-28(16-19)21-6-2-1-3-7-21/h1-13,15-16H,14,17H2,(H,26,29). The first-order chi connectivity index (χ1) is 14.7. The number of carbonyl (C=O) groups excluding carboxylic acids is 1. The van der Waals surface area contributed by atoms with Gasteiger partial charge in [-0.3, -0.25) is 4.79 Å². The summed E-state index contributed by atoms with van der Waals surface area (Å²) < 4.78 is 7.66. The molecular weight excluding hydrogens is 398 g/mol. The summed E-state index contributed by atoms with van der Waals surface area (Å²) in [4.78, 5) is 12.7. The van der Waals surface area contributed by atoms with Crippen LogP contribution in [0, 0.1) is 0 Å². The van der Waals surface area contributed by atoms with Gasteiger partial charge in [-0.2, -0.15) is 5.10 Å². The molecule has 0 saturated heterocycles. The highest BCUT2D eigenvalue weighted by molar-refractivity contribution is 6.30. The Hall–Kier alpha value is -3.57. The number of nitrogens with zero attached hydrogens (tertiary/aromatic N) is 2. The lowest BCUT2D eigenvalue weighted by Crippen LogP contribution is -2.23. The van der Waals surface area contributed by atoms with Gasteiger partial charge in [0.25, 0.3) is 5.91 Å². The highest BCUT2D eigenvalue weighted by Crippen LogP contribution is 2.20. The first-order valence-electron chi connectivity index (χ1n) is 9.52. The number of ether oxygens (including phenoxy) is 1. The molecule has 0 radical (unpaired) electrons. The van der Waals surface area contributed by atoms with E-state index in [2.05, 4.69) is 10.4 Å². The fourth-order valence-electron chi connectivity index (χ4n) is 2.97. The topological polar surface area (TPSA) is 56.2 Å². The number of halogens is 1. The van der Waals surface area contributed by atoms with Crippen LogP contribution >= 0.6 is 11.6 Å². The minimum Gasteiger partial charge on any atom is -0.488 e. The van der Waals surface area contributed by atoms with Crippen LogP contribution in [0.4, 0.5) is 0 Å². The molecule has 1 aromatic heterocycles. The summed E-state index contributed by atoms with van der Waals surface area (Å²) in [6.45, 7) is 0.725. The van der Waals surface area contributed by atoms with Crippen LogP contribution < -0.4 is 10.1 Å². The molecule has 0 aliphatic carbocycles. The molecule has 0 spiro atoms. The lowest BCUT2D eigenvalue weighted by Gasteiger charge is -2.11. The number of benzene rings is 3. The summed E-state index contributed by atoms with van der Waals surface area (Å²) in [5.74, 6) is 0.332. The van der Waals surface area contributed by atoms with Gasteiger partial charge in [0.2, 0.25) is 0 Å². The van der Waals surface area contributed by atoms with Gasteiger partial charge in [-0.15, -0.1) is 0 Å². The molecular formula is C24H20ClN3O2. The molecule has 3 aromatic carbocycles. The van der Waals surface area contributed by atoms with Crippen molar-refractivity contribution in [2.24, 2.45) is 0 Å². The van der Waals surface area contributed by atoms with E-state index in [9.17, 15) is 4.79 Å². The van der Waals surface area contributed by atoms with Crippen LogP contribution in [0.1, 0.15) is 21.5 Å². The Morgan fingerprint density at radius 1 is 0.933 bits per heavy atom. The minimum atomic E-state index is -0.200. The molecule has 6 heteroatoms. The van der Waals surface area contributed by atoms with E-state index in [-0.39, 0.29) is 5.91 Å². The fraction of sp³-hybridized carbons (Fsp3) is 0.0833. The normalized spacial score (nSPS) is 10.6. The molecule has 0 bridgehead atoms. The molecule has 0 fully saturated rings. The van der Waals surface area contributed by atoms with Crippen LogP contribution in [0.25, 0.3) is 5.69 Å². The largest absolute Gasteiger partial charge is 0.488 e. The van der Waals surface area contributed by atoms with E-state index in [1.807, 2.05) is 72.9 Å². The van der Waals surface area contributed by atoms with E-state index < -0.39 is 0 Å². The number of para-hydroxylation sites is 2. The van der Waals surface area contributed by atoms with E-state index in [1.165, 1.54) is 0 Å². The van der Waals surface area contributed by atoms with E-state index in [0.717, 1.165) is 16.8 Å². The van der Waals surface area contributed by atoms with E-state index in [0.29, 0.717) is 29.5 Å². The summed E-state index contributed by atoms with van der Waals surface area (Å²) in [6, 6.07) is 24.5. The number of hydrogen-bond acceptors (Lipinski definition) is 3. The summed E-state index contributed by atoms with van der Waals surface area (Å²) in [7, 11) is 0. The van der Waals surface area contributed by atoms with Gasteiger partial charge in [-0.25, -0.2) is 4.68 Å². The molecule has 5 nitrogen and oxygen atoms in total. The van der Waals surface area contributed by atoms with Gasteiger partial charge in [-0.05, 0) is 42.0 Å². The first kappa shape index (κ1) is 19.7. The summed E-state index contributed by atoms with van der Waals surface area (Å²) in [5, 5.41) is 7.97. The Morgan fingerprint density at radius 3 is 2.47 bits per heavy atom. The Labute approximate surface area is 179 Å². The molecule has 1 N–H and O–H groups in total. The Morgan fingerprint density at radius 2 is 1.67 bits per heavy atom.